The van der Waals surface area contributed by atoms with Crippen LogP contribution in [0.25, 0.3) is 0 Å². The molecular formula is C11H22N2O2S. The molecule has 4 nitrogen and oxygen atoms in total. The maximum atomic E-state index is 11.8. The van der Waals surface area contributed by atoms with E-state index in [2.05, 4.69) is 10.2 Å². The highest BCUT2D eigenvalue weighted by molar-refractivity contribution is 7.91. The molecule has 2 heterocycles. The molecule has 0 amide bonds. The predicted octanol–water partition coefficient (Wildman–Crippen LogP) is 0.107. The van der Waals surface area contributed by atoms with Gasteiger partial charge in [0.2, 0.25) is 0 Å². The monoisotopic (exact) mass is 246 g/mol. The Balaban J connectivity index is 1.63. The second kappa shape index (κ2) is 5.47. The highest BCUT2D eigenvalue weighted by Crippen LogP contribution is 2.11. The van der Waals surface area contributed by atoms with Crippen LogP contribution in [-0.2, 0) is 9.84 Å². The summed E-state index contributed by atoms with van der Waals surface area (Å²) in [5.41, 5.74) is 0. The maximum absolute atomic E-state index is 11.8. The van der Waals surface area contributed by atoms with E-state index in [1.54, 1.807) is 0 Å². The van der Waals surface area contributed by atoms with Gasteiger partial charge in [0.1, 0.15) is 0 Å². The van der Waals surface area contributed by atoms with Crippen LogP contribution in [0.2, 0.25) is 0 Å². The van der Waals surface area contributed by atoms with Gasteiger partial charge in [-0.25, -0.2) is 8.42 Å². The summed E-state index contributed by atoms with van der Waals surface area (Å²) in [6.07, 6.45) is 3.36. The van der Waals surface area contributed by atoms with Crippen LogP contribution >= 0.6 is 0 Å². The molecule has 2 aliphatic heterocycles. The molecule has 0 aromatic heterocycles. The maximum Gasteiger partial charge on any atom is 0.150 e. The van der Waals surface area contributed by atoms with E-state index >= 15 is 0 Å². The van der Waals surface area contributed by atoms with Crippen molar-refractivity contribution in [2.24, 2.45) is 5.92 Å². The van der Waals surface area contributed by atoms with Crippen LogP contribution in [0.3, 0.4) is 0 Å². The Morgan fingerprint density at radius 1 is 1.19 bits per heavy atom. The summed E-state index contributed by atoms with van der Waals surface area (Å²) in [5, 5.41) is 3.11. The van der Waals surface area contributed by atoms with Crippen molar-refractivity contribution in [2.75, 3.05) is 44.2 Å². The van der Waals surface area contributed by atoms with Gasteiger partial charge in [-0.3, -0.25) is 0 Å². The summed E-state index contributed by atoms with van der Waals surface area (Å²) in [4.78, 5) is 2.38. The van der Waals surface area contributed by atoms with Gasteiger partial charge in [0, 0.05) is 13.1 Å². The number of nitrogens with one attached hydrogen (secondary N) is 1. The van der Waals surface area contributed by atoms with Crippen molar-refractivity contribution < 1.29 is 8.42 Å². The molecule has 2 saturated heterocycles. The van der Waals surface area contributed by atoms with Gasteiger partial charge in [-0.15, -0.1) is 0 Å². The van der Waals surface area contributed by atoms with Crippen LogP contribution in [0.5, 0.6) is 0 Å². The molecule has 16 heavy (non-hydrogen) atoms. The van der Waals surface area contributed by atoms with Gasteiger partial charge in [0.25, 0.3) is 0 Å². The first-order valence-electron chi connectivity index (χ1n) is 6.29. The Morgan fingerprint density at radius 3 is 2.44 bits per heavy atom. The smallest absolute Gasteiger partial charge is 0.150 e. The summed E-state index contributed by atoms with van der Waals surface area (Å²) in [7, 11) is -2.80. The lowest BCUT2D eigenvalue weighted by molar-refractivity contribution is 0.339. The zero-order chi connectivity index (χ0) is 11.4. The molecule has 0 spiro atoms. The topological polar surface area (TPSA) is 49.4 Å². The standard InChI is InChI=1S/C11H22N2O2S/c14-16(15,10-11-8-12-9-11)7-3-6-13-4-1-2-5-13/h11-12H,1-10H2. The second-order valence-corrected chi connectivity index (χ2v) is 7.27. The van der Waals surface area contributed by atoms with Gasteiger partial charge in [-0.05, 0) is 44.8 Å². The lowest BCUT2D eigenvalue weighted by atomic mass is 10.1. The lowest BCUT2D eigenvalue weighted by Crippen LogP contribution is -2.45. The van der Waals surface area contributed by atoms with E-state index in [1.165, 1.54) is 12.8 Å². The van der Waals surface area contributed by atoms with Crippen molar-refractivity contribution in [3.05, 3.63) is 0 Å². The molecule has 5 heteroatoms. The predicted molar refractivity (Wildman–Crippen MR) is 65.3 cm³/mol. The minimum absolute atomic E-state index is 0.372. The van der Waals surface area contributed by atoms with Gasteiger partial charge in [0.15, 0.2) is 9.84 Å². The molecule has 0 aromatic carbocycles. The van der Waals surface area contributed by atoms with E-state index in [9.17, 15) is 8.42 Å². The minimum atomic E-state index is -2.80. The van der Waals surface area contributed by atoms with Crippen molar-refractivity contribution in [3.8, 4) is 0 Å². The third-order valence-corrected chi connectivity index (χ3v) is 5.37. The normalized spacial score (nSPS) is 23.5. The van der Waals surface area contributed by atoms with Crippen LogP contribution in [0.15, 0.2) is 0 Å². The first-order chi connectivity index (χ1) is 7.66. The number of likely N-dealkylation sites (tertiary alicyclic amines) is 1. The molecule has 0 radical (unpaired) electrons. The first-order valence-corrected chi connectivity index (χ1v) is 8.11. The Hall–Kier alpha value is -0.130. The summed E-state index contributed by atoms with van der Waals surface area (Å²) in [6, 6.07) is 0. The minimum Gasteiger partial charge on any atom is -0.316 e. The van der Waals surface area contributed by atoms with Crippen LogP contribution in [0.4, 0.5) is 0 Å². The fourth-order valence-corrected chi connectivity index (χ4v) is 4.11. The molecular weight excluding hydrogens is 224 g/mol. The molecule has 94 valence electrons. The van der Waals surface area contributed by atoms with Crippen LogP contribution in [-0.4, -0.2) is 57.5 Å². The van der Waals surface area contributed by atoms with E-state index < -0.39 is 9.84 Å². The Morgan fingerprint density at radius 2 is 1.88 bits per heavy atom. The molecule has 0 aliphatic carbocycles. The number of nitrogens with zero attached hydrogens (tertiary/aromatic N) is 1. The van der Waals surface area contributed by atoms with E-state index in [1.807, 2.05) is 0 Å². The van der Waals surface area contributed by atoms with Crippen molar-refractivity contribution >= 4 is 9.84 Å². The SMILES string of the molecule is O=S(=O)(CCCN1CCCC1)CC1CNC1. The van der Waals surface area contributed by atoms with Crippen LogP contribution < -0.4 is 5.32 Å². The zero-order valence-electron chi connectivity index (χ0n) is 9.82. The van der Waals surface area contributed by atoms with Gasteiger partial charge >= 0.3 is 0 Å². The van der Waals surface area contributed by atoms with Crippen LogP contribution in [0, 0.1) is 5.92 Å². The van der Waals surface area contributed by atoms with Crippen LogP contribution in [0.1, 0.15) is 19.3 Å². The van der Waals surface area contributed by atoms with Crippen molar-refractivity contribution in [2.45, 2.75) is 19.3 Å². The zero-order valence-corrected chi connectivity index (χ0v) is 10.6. The summed E-state index contributed by atoms with van der Waals surface area (Å²) in [5.74, 6) is 1.14. The molecule has 2 rings (SSSR count). The average Bonchev–Trinajstić information content (AvgIpc) is 2.64. The first kappa shape index (κ1) is 12.3. The Labute approximate surface area is 98.3 Å². The largest absolute Gasteiger partial charge is 0.316 e. The van der Waals surface area contributed by atoms with Crippen molar-refractivity contribution in [3.63, 3.8) is 0 Å². The van der Waals surface area contributed by atoms with Crippen molar-refractivity contribution in [1.29, 1.82) is 0 Å². The molecule has 2 fully saturated rings. The molecule has 2 aliphatic rings. The quantitative estimate of drug-likeness (QED) is 0.722. The fourth-order valence-electron chi connectivity index (χ4n) is 2.42. The van der Waals surface area contributed by atoms with E-state index in [0.29, 0.717) is 17.4 Å². The fraction of sp³-hybridized carbons (Fsp3) is 1.00. The third-order valence-electron chi connectivity index (χ3n) is 3.48. The van der Waals surface area contributed by atoms with E-state index in [4.69, 9.17) is 0 Å². The van der Waals surface area contributed by atoms with Gasteiger partial charge in [-0.1, -0.05) is 0 Å². The van der Waals surface area contributed by atoms with E-state index in [-0.39, 0.29) is 0 Å². The van der Waals surface area contributed by atoms with Crippen molar-refractivity contribution in [1.82, 2.24) is 10.2 Å². The highest BCUT2D eigenvalue weighted by atomic mass is 32.2. The molecule has 0 saturated carbocycles. The number of hydrogen-bond acceptors (Lipinski definition) is 4. The molecule has 1 N–H and O–H groups in total. The molecule has 0 aromatic rings. The van der Waals surface area contributed by atoms with E-state index in [0.717, 1.165) is 39.1 Å². The number of rotatable bonds is 6. The average molecular weight is 246 g/mol. The Bertz CT molecular complexity index is 306. The highest BCUT2D eigenvalue weighted by Gasteiger charge is 2.24. The molecule has 0 unspecified atom stereocenters. The summed E-state index contributed by atoms with van der Waals surface area (Å²) < 4.78 is 23.5. The Kier molecular flexibility index (Phi) is 4.21. The molecule has 0 atom stereocenters. The summed E-state index contributed by atoms with van der Waals surface area (Å²) >= 11 is 0. The number of hydrogen-bond donors (Lipinski definition) is 1. The summed E-state index contributed by atoms with van der Waals surface area (Å²) in [6.45, 7) is 5.04. The van der Waals surface area contributed by atoms with Gasteiger partial charge < -0.3 is 10.2 Å². The number of sulfone groups is 1. The lowest BCUT2D eigenvalue weighted by Gasteiger charge is -2.26. The second-order valence-electron chi connectivity index (χ2n) is 5.04. The van der Waals surface area contributed by atoms with Gasteiger partial charge in [-0.2, -0.15) is 0 Å². The van der Waals surface area contributed by atoms with Gasteiger partial charge in [0.05, 0.1) is 11.5 Å². The molecule has 0 bridgehead atoms. The third kappa shape index (κ3) is 3.71.